The Kier molecular flexibility index (Phi) is 5.79. The molecule has 108 valence electrons. The lowest BCUT2D eigenvalue weighted by Gasteiger charge is -2.28. The van der Waals surface area contributed by atoms with Crippen molar-refractivity contribution in [2.45, 2.75) is 33.0 Å². The number of methoxy groups -OCH3 is 1. The predicted molar refractivity (Wildman–Crippen MR) is 74.2 cm³/mol. The van der Waals surface area contributed by atoms with Gasteiger partial charge in [-0.05, 0) is 24.6 Å². The van der Waals surface area contributed by atoms with Crippen molar-refractivity contribution in [1.82, 2.24) is 0 Å². The van der Waals surface area contributed by atoms with Gasteiger partial charge in [-0.15, -0.1) is 0 Å². The van der Waals surface area contributed by atoms with Gasteiger partial charge in [-0.25, -0.2) is 0 Å². The van der Waals surface area contributed by atoms with Crippen LogP contribution in [0, 0.1) is 5.41 Å². The van der Waals surface area contributed by atoms with Gasteiger partial charge in [-0.3, -0.25) is 0 Å². The van der Waals surface area contributed by atoms with Crippen molar-refractivity contribution in [3.05, 3.63) is 29.8 Å². The van der Waals surface area contributed by atoms with Crippen LogP contribution in [-0.4, -0.2) is 36.6 Å². The Morgan fingerprint density at radius 2 is 1.79 bits per heavy atom. The summed E-state index contributed by atoms with van der Waals surface area (Å²) in [6.45, 7) is 6.03. The molecular formula is C15H24O4. The Balaban J connectivity index is 2.71. The summed E-state index contributed by atoms with van der Waals surface area (Å²) < 4.78 is 10.6. The summed E-state index contributed by atoms with van der Waals surface area (Å²) in [5.74, 6) is 0.738. The molecule has 1 aromatic carbocycles. The molecule has 2 unspecified atom stereocenters. The molecule has 0 saturated heterocycles. The third-order valence-electron chi connectivity index (χ3n) is 3.08. The summed E-state index contributed by atoms with van der Waals surface area (Å²) in [6.07, 6.45) is -0.724. The van der Waals surface area contributed by atoms with Crippen molar-refractivity contribution in [2.75, 3.05) is 20.3 Å². The number of benzene rings is 1. The quantitative estimate of drug-likeness (QED) is 0.795. The Morgan fingerprint density at radius 3 is 2.26 bits per heavy atom. The zero-order chi connectivity index (χ0) is 14.5. The van der Waals surface area contributed by atoms with Gasteiger partial charge in [0.15, 0.2) is 0 Å². The number of hydrogen-bond donors (Lipinski definition) is 2. The molecule has 1 rings (SSSR count). The van der Waals surface area contributed by atoms with Crippen molar-refractivity contribution in [2.24, 2.45) is 5.41 Å². The number of aliphatic hydroxyl groups is 2. The third kappa shape index (κ3) is 4.49. The molecule has 0 aliphatic rings. The van der Waals surface area contributed by atoms with Gasteiger partial charge in [0.2, 0.25) is 0 Å². The van der Waals surface area contributed by atoms with Gasteiger partial charge in [0.05, 0.1) is 19.3 Å². The van der Waals surface area contributed by atoms with Gasteiger partial charge in [-0.2, -0.15) is 0 Å². The largest absolute Gasteiger partial charge is 0.488 e. The van der Waals surface area contributed by atoms with Crippen LogP contribution in [0.15, 0.2) is 24.3 Å². The molecule has 19 heavy (non-hydrogen) atoms. The maximum Gasteiger partial charge on any atom is 0.119 e. The normalized spacial score (nSPS) is 15.1. The van der Waals surface area contributed by atoms with Crippen LogP contribution in [0.5, 0.6) is 5.75 Å². The summed E-state index contributed by atoms with van der Waals surface area (Å²) in [6, 6.07) is 7.27. The first kappa shape index (κ1) is 16.0. The van der Waals surface area contributed by atoms with Gasteiger partial charge in [-0.1, -0.05) is 26.0 Å². The lowest BCUT2D eigenvalue weighted by atomic mass is 9.83. The molecule has 4 heteroatoms. The fourth-order valence-electron chi connectivity index (χ4n) is 1.77. The Bertz CT molecular complexity index is 372. The molecule has 2 N–H and O–H groups in total. The molecule has 0 aromatic heterocycles. The van der Waals surface area contributed by atoms with Crippen LogP contribution in [0.4, 0.5) is 0 Å². The summed E-state index contributed by atoms with van der Waals surface area (Å²) in [7, 11) is 1.64. The molecule has 0 heterocycles. The van der Waals surface area contributed by atoms with Crippen molar-refractivity contribution >= 4 is 0 Å². The zero-order valence-electron chi connectivity index (χ0n) is 12.1. The van der Waals surface area contributed by atoms with Crippen LogP contribution in [0.1, 0.15) is 32.4 Å². The van der Waals surface area contributed by atoms with Gasteiger partial charge in [0.1, 0.15) is 11.9 Å². The minimum atomic E-state index is -0.706. The molecule has 0 aliphatic heterocycles. The highest BCUT2D eigenvalue weighted by Gasteiger charge is 2.28. The van der Waals surface area contributed by atoms with Crippen molar-refractivity contribution in [1.29, 1.82) is 0 Å². The van der Waals surface area contributed by atoms with Crippen molar-refractivity contribution in [3.8, 4) is 5.75 Å². The van der Waals surface area contributed by atoms with E-state index in [2.05, 4.69) is 0 Å². The van der Waals surface area contributed by atoms with E-state index >= 15 is 0 Å². The van der Waals surface area contributed by atoms with E-state index in [1.165, 1.54) is 0 Å². The lowest BCUT2D eigenvalue weighted by Crippen LogP contribution is -2.26. The summed E-state index contributed by atoms with van der Waals surface area (Å²) in [5, 5.41) is 19.4. The molecule has 0 aliphatic carbocycles. The van der Waals surface area contributed by atoms with Crippen LogP contribution in [0.2, 0.25) is 0 Å². The van der Waals surface area contributed by atoms with E-state index in [0.717, 1.165) is 11.3 Å². The zero-order valence-corrected chi connectivity index (χ0v) is 12.1. The Morgan fingerprint density at radius 1 is 1.21 bits per heavy atom. The average Bonchev–Trinajstić information content (AvgIpc) is 2.39. The van der Waals surface area contributed by atoms with Gasteiger partial charge in [0.25, 0.3) is 0 Å². The minimum Gasteiger partial charge on any atom is -0.488 e. The Hall–Kier alpha value is -1.10. The van der Waals surface area contributed by atoms with E-state index in [0.29, 0.717) is 6.61 Å². The SMILES string of the molecule is COCC(C)Oc1ccc(C(O)C(C)(C)CO)cc1. The van der Waals surface area contributed by atoms with E-state index in [9.17, 15) is 10.2 Å². The molecule has 0 saturated carbocycles. The van der Waals surface area contributed by atoms with Crippen LogP contribution < -0.4 is 4.74 Å². The number of rotatable bonds is 7. The average molecular weight is 268 g/mol. The molecule has 4 nitrogen and oxygen atoms in total. The molecule has 0 spiro atoms. The molecule has 1 aromatic rings. The number of ether oxygens (including phenoxy) is 2. The third-order valence-corrected chi connectivity index (χ3v) is 3.08. The monoisotopic (exact) mass is 268 g/mol. The molecule has 0 radical (unpaired) electrons. The second-order valence-corrected chi connectivity index (χ2v) is 5.50. The molecule has 0 bridgehead atoms. The van der Waals surface area contributed by atoms with Crippen LogP contribution in [0.3, 0.4) is 0 Å². The van der Waals surface area contributed by atoms with E-state index in [4.69, 9.17) is 9.47 Å². The smallest absolute Gasteiger partial charge is 0.119 e. The van der Waals surface area contributed by atoms with Gasteiger partial charge < -0.3 is 19.7 Å². The maximum atomic E-state index is 10.2. The standard InChI is InChI=1S/C15H24O4/c1-11(9-18-4)19-13-7-5-12(6-8-13)14(17)15(2,3)10-16/h5-8,11,14,16-17H,9-10H2,1-4H3. The molecule has 0 fully saturated rings. The highest BCUT2D eigenvalue weighted by molar-refractivity contribution is 5.29. The highest BCUT2D eigenvalue weighted by atomic mass is 16.5. The topological polar surface area (TPSA) is 58.9 Å². The van der Waals surface area contributed by atoms with Gasteiger partial charge in [0, 0.05) is 12.5 Å². The first-order chi connectivity index (χ1) is 8.90. The summed E-state index contributed by atoms with van der Waals surface area (Å²) in [5.41, 5.74) is 0.205. The minimum absolute atomic E-state index is 0.0188. The van der Waals surface area contributed by atoms with E-state index in [1.807, 2.05) is 45.0 Å². The van der Waals surface area contributed by atoms with Crippen LogP contribution in [-0.2, 0) is 4.74 Å². The summed E-state index contributed by atoms with van der Waals surface area (Å²) in [4.78, 5) is 0. The van der Waals surface area contributed by atoms with E-state index < -0.39 is 11.5 Å². The van der Waals surface area contributed by atoms with Crippen molar-refractivity contribution < 1.29 is 19.7 Å². The molecule has 0 amide bonds. The molecular weight excluding hydrogens is 244 g/mol. The second kappa shape index (κ2) is 6.89. The second-order valence-electron chi connectivity index (χ2n) is 5.50. The number of hydrogen-bond acceptors (Lipinski definition) is 4. The predicted octanol–water partition coefficient (Wildman–Crippen LogP) is 2.15. The highest BCUT2D eigenvalue weighted by Crippen LogP contribution is 2.33. The molecule has 2 atom stereocenters. The fourth-order valence-corrected chi connectivity index (χ4v) is 1.77. The van der Waals surface area contributed by atoms with Crippen molar-refractivity contribution in [3.63, 3.8) is 0 Å². The van der Waals surface area contributed by atoms with Crippen LogP contribution >= 0.6 is 0 Å². The first-order valence-corrected chi connectivity index (χ1v) is 6.45. The maximum absolute atomic E-state index is 10.2. The Labute approximate surface area is 115 Å². The fraction of sp³-hybridized carbons (Fsp3) is 0.600. The first-order valence-electron chi connectivity index (χ1n) is 6.45. The van der Waals surface area contributed by atoms with E-state index in [1.54, 1.807) is 7.11 Å². The van der Waals surface area contributed by atoms with E-state index in [-0.39, 0.29) is 12.7 Å². The lowest BCUT2D eigenvalue weighted by molar-refractivity contribution is 0.00633. The number of aliphatic hydroxyl groups excluding tert-OH is 2. The summed E-state index contributed by atoms with van der Waals surface area (Å²) >= 11 is 0. The van der Waals surface area contributed by atoms with Gasteiger partial charge >= 0.3 is 0 Å². The van der Waals surface area contributed by atoms with Crippen LogP contribution in [0.25, 0.3) is 0 Å².